The Morgan fingerprint density at radius 3 is 2.67 bits per heavy atom. The van der Waals surface area contributed by atoms with Crippen molar-refractivity contribution in [3.63, 3.8) is 0 Å². The molecule has 162 valence electrons. The van der Waals surface area contributed by atoms with E-state index in [-0.39, 0.29) is 0 Å². The van der Waals surface area contributed by atoms with Gasteiger partial charge in [0.1, 0.15) is 5.82 Å². The molecule has 0 radical (unpaired) electrons. The molecule has 0 fully saturated rings. The molecule has 8 heteroatoms. The lowest BCUT2D eigenvalue weighted by atomic mass is 9.98. The highest BCUT2D eigenvalue weighted by atomic mass is 16.2. The van der Waals surface area contributed by atoms with E-state index in [2.05, 4.69) is 39.6 Å². The summed E-state index contributed by atoms with van der Waals surface area (Å²) in [6, 6.07) is 0. The number of nitrogens with two attached hydrogens (primary N) is 1. The minimum absolute atomic E-state index is 0.309. The zero-order chi connectivity index (χ0) is 22.1. The molecule has 2 aromatic rings. The van der Waals surface area contributed by atoms with Crippen LogP contribution in [0.25, 0.3) is 10.9 Å². The molecule has 3 rings (SSSR count). The molecule has 0 saturated heterocycles. The number of hydrogen-bond acceptors (Lipinski definition) is 5. The number of aromatic nitrogens is 3. The number of fused-ring (bicyclic) bond motifs is 1. The molecule has 0 bridgehead atoms. The standard InChI is InChI=1S/C20H26N6O2.C2H6/c1-3-4-9-26(12-14-8-6-5-7-13(14)2)20(28)19(27)24-16-11-22-18(21)15-10-23-25-17(15)16;1-2/h7-8,10-11H,3-6,9,12H2,1-2H3,(H2,21,22)(H,23,25)(H,24,27);1-2H3. The van der Waals surface area contributed by atoms with E-state index in [0.717, 1.165) is 31.3 Å². The van der Waals surface area contributed by atoms with E-state index in [1.165, 1.54) is 18.0 Å². The number of carbonyl (C=O) groups is 2. The van der Waals surface area contributed by atoms with E-state index >= 15 is 0 Å². The van der Waals surface area contributed by atoms with Gasteiger partial charge in [0.2, 0.25) is 0 Å². The highest BCUT2D eigenvalue weighted by Crippen LogP contribution is 2.24. The Kier molecular flexibility index (Phi) is 8.58. The largest absolute Gasteiger partial charge is 0.383 e. The first-order valence-corrected chi connectivity index (χ1v) is 10.5. The molecule has 4 N–H and O–H groups in total. The van der Waals surface area contributed by atoms with E-state index in [1.54, 1.807) is 4.90 Å². The molecule has 2 heterocycles. The first kappa shape index (κ1) is 23.1. The van der Waals surface area contributed by atoms with Crippen molar-refractivity contribution in [2.45, 2.75) is 53.4 Å². The Hall–Kier alpha value is -3.16. The van der Waals surface area contributed by atoms with Crippen LogP contribution in [-0.4, -0.2) is 45.0 Å². The van der Waals surface area contributed by atoms with Gasteiger partial charge in [0.25, 0.3) is 0 Å². The van der Waals surface area contributed by atoms with Crippen LogP contribution < -0.4 is 11.1 Å². The predicted octanol–water partition coefficient (Wildman–Crippen LogP) is 3.80. The third kappa shape index (κ3) is 5.46. The number of amides is 2. The van der Waals surface area contributed by atoms with Crippen molar-refractivity contribution in [2.24, 2.45) is 0 Å². The van der Waals surface area contributed by atoms with Crippen molar-refractivity contribution in [1.29, 1.82) is 0 Å². The molecule has 1 aliphatic rings. The zero-order valence-electron chi connectivity index (χ0n) is 18.3. The molecule has 1 aliphatic carbocycles. The summed E-state index contributed by atoms with van der Waals surface area (Å²) in [5, 5.41) is 9.96. The van der Waals surface area contributed by atoms with E-state index in [1.807, 2.05) is 20.8 Å². The fourth-order valence-corrected chi connectivity index (χ4v) is 3.21. The Morgan fingerprint density at radius 2 is 1.97 bits per heavy atom. The van der Waals surface area contributed by atoms with Crippen molar-refractivity contribution >= 4 is 34.2 Å². The van der Waals surface area contributed by atoms with E-state index in [0.29, 0.717) is 35.5 Å². The quantitative estimate of drug-likeness (QED) is 0.624. The summed E-state index contributed by atoms with van der Waals surface area (Å²) in [7, 11) is 0. The summed E-state index contributed by atoms with van der Waals surface area (Å²) < 4.78 is 0. The molecule has 0 atom stereocenters. The van der Waals surface area contributed by atoms with Crippen LogP contribution in [0.3, 0.4) is 0 Å². The number of unbranched alkanes of at least 4 members (excludes halogenated alkanes) is 1. The minimum Gasteiger partial charge on any atom is -0.383 e. The van der Waals surface area contributed by atoms with Gasteiger partial charge in [-0.1, -0.05) is 44.9 Å². The number of rotatable bonds is 6. The summed E-state index contributed by atoms with van der Waals surface area (Å²) in [6.45, 7) is 9.08. The van der Waals surface area contributed by atoms with Gasteiger partial charge in [0.15, 0.2) is 0 Å². The molecule has 8 nitrogen and oxygen atoms in total. The Bertz CT molecular complexity index is 944. The SMILES string of the molecule is CC.CCCCN(CC1=CCCC=C1C)C(=O)C(=O)Nc1cnc(N)c2cn[nH]c12. The van der Waals surface area contributed by atoms with Crippen molar-refractivity contribution < 1.29 is 9.59 Å². The highest BCUT2D eigenvalue weighted by molar-refractivity contribution is 6.40. The van der Waals surface area contributed by atoms with Crippen LogP contribution in [0.2, 0.25) is 0 Å². The van der Waals surface area contributed by atoms with Crippen LogP contribution in [-0.2, 0) is 9.59 Å². The molecular weight excluding hydrogens is 380 g/mol. The fraction of sp³-hybridized carbons (Fsp3) is 0.455. The normalized spacial score (nSPS) is 13.1. The van der Waals surface area contributed by atoms with Crippen LogP contribution in [0.1, 0.15) is 53.4 Å². The van der Waals surface area contributed by atoms with Crippen molar-refractivity contribution in [3.05, 3.63) is 35.7 Å². The second-order valence-electron chi connectivity index (χ2n) is 6.94. The fourth-order valence-electron chi connectivity index (χ4n) is 3.21. The van der Waals surface area contributed by atoms with Gasteiger partial charge >= 0.3 is 11.8 Å². The lowest BCUT2D eigenvalue weighted by Crippen LogP contribution is -2.41. The summed E-state index contributed by atoms with van der Waals surface area (Å²) in [6.07, 6.45) is 11.0. The summed E-state index contributed by atoms with van der Waals surface area (Å²) in [4.78, 5) is 31.2. The van der Waals surface area contributed by atoms with E-state index in [9.17, 15) is 9.59 Å². The van der Waals surface area contributed by atoms with Gasteiger partial charge in [0.05, 0.1) is 29.0 Å². The number of nitrogen functional groups attached to an aromatic ring is 1. The van der Waals surface area contributed by atoms with E-state index < -0.39 is 11.8 Å². The topological polar surface area (TPSA) is 117 Å². The first-order chi connectivity index (χ1) is 14.5. The minimum atomic E-state index is -0.698. The molecule has 2 amide bonds. The highest BCUT2D eigenvalue weighted by Gasteiger charge is 2.24. The first-order valence-electron chi connectivity index (χ1n) is 10.5. The number of H-pyrrole nitrogens is 1. The van der Waals surface area contributed by atoms with Crippen LogP contribution in [0, 0.1) is 0 Å². The molecule has 0 aliphatic heterocycles. The molecule has 30 heavy (non-hydrogen) atoms. The number of hydrogen-bond donors (Lipinski definition) is 3. The second-order valence-corrected chi connectivity index (χ2v) is 6.94. The average molecular weight is 413 g/mol. The zero-order valence-corrected chi connectivity index (χ0v) is 18.3. The smallest absolute Gasteiger partial charge is 0.314 e. The third-order valence-corrected chi connectivity index (χ3v) is 4.90. The maximum Gasteiger partial charge on any atom is 0.314 e. The van der Waals surface area contributed by atoms with Crippen molar-refractivity contribution in [2.75, 3.05) is 24.1 Å². The number of pyridine rings is 1. The Morgan fingerprint density at radius 1 is 1.23 bits per heavy atom. The Labute approximate surface area is 177 Å². The molecule has 2 aromatic heterocycles. The summed E-state index contributed by atoms with van der Waals surface area (Å²) >= 11 is 0. The predicted molar refractivity (Wildman–Crippen MR) is 121 cm³/mol. The van der Waals surface area contributed by atoms with Gasteiger partial charge in [-0.2, -0.15) is 5.10 Å². The molecule has 0 saturated carbocycles. The number of allylic oxidation sites excluding steroid dienone is 2. The third-order valence-electron chi connectivity index (χ3n) is 4.90. The van der Waals surface area contributed by atoms with Crippen LogP contribution in [0.4, 0.5) is 11.5 Å². The van der Waals surface area contributed by atoms with Gasteiger partial charge < -0.3 is 16.0 Å². The molecular formula is C22H32N6O2. The van der Waals surface area contributed by atoms with Gasteiger partial charge in [-0.15, -0.1) is 0 Å². The van der Waals surface area contributed by atoms with Crippen LogP contribution >= 0.6 is 0 Å². The number of nitrogens with zero attached hydrogens (tertiary/aromatic N) is 3. The number of carbonyl (C=O) groups excluding carboxylic acids is 2. The number of nitrogens with one attached hydrogen (secondary N) is 2. The van der Waals surface area contributed by atoms with Gasteiger partial charge in [-0.3, -0.25) is 14.7 Å². The maximum atomic E-state index is 12.9. The molecule has 0 spiro atoms. The maximum absolute atomic E-state index is 12.9. The molecule has 0 unspecified atom stereocenters. The number of aromatic amines is 1. The average Bonchev–Trinajstić information content (AvgIpc) is 3.26. The lowest BCUT2D eigenvalue weighted by Gasteiger charge is -2.25. The summed E-state index contributed by atoms with van der Waals surface area (Å²) in [5.41, 5.74) is 9.01. The van der Waals surface area contributed by atoms with E-state index in [4.69, 9.17) is 5.73 Å². The molecule has 0 aromatic carbocycles. The number of anilines is 2. The van der Waals surface area contributed by atoms with Crippen LogP contribution in [0.5, 0.6) is 0 Å². The van der Waals surface area contributed by atoms with Crippen LogP contribution in [0.15, 0.2) is 35.7 Å². The van der Waals surface area contributed by atoms with Crippen molar-refractivity contribution in [3.8, 4) is 0 Å². The second kappa shape index (κ2) is 11.1. The van der Waals surface area contributed by atoms with Gasteiger partial charge in [-0.25, -0.2) is 4.98 Å². The summed E-state index contributed by atoms with van der Waals surface area (Å²) in [5.74, 6) is -0.946. The Balaban J connectivity index is 0.00000155. The van der Waals surface area contributed by atoms with Gasteiger partial charge in [-0.05, 0) is 31.8 Å². The lowest BCUT2D eigenvalue weighted by molar-refractivity contribution is -0.142. The van der Waals surface area contributed by atoms with Gasteiger partial charge in [0, 0.05) is 13.1 Å². The monoisotopic (exact) mass is 412 g/mol. The van der Waals surface area contributed by atoms with Crippen molar-refractivity contribution in [1.82, 2.24) is 20.1 Å².